The summed E-state index contributed by atoms with van der Waals surface area (Å²) in [7, 11) is 3.36. The van der Waals surface area contributed by atoms with E-state index in [-0.39, 0.29) is 37.4 Å². The van der Waals surface area contributed by atoms with Gasteiger partial charge in [0.2, 0.25) is 12.7 Å². The molecule has 1 aliphatic heterocycles. The van der Waals surface area contributed by atoms with Crippen molar-refractivity contribution in [2.75, 3.05) is 27.4 Å². The number of amides is 1. The van der Waals surface area contributed by atoms with Gasteiger partial charge in [0.1, 0.15) is 5.75 Å². The van der Waals surface area contributed by atoms with Crippen molar-refractivity contribution in [1.29, 1.82) is 0 Å². The third-order valence-electron chi connectivity index (χ3n) is 3.19. The molecule has 1 aromatic rings. The van der Waals surface area contributed by atoms with E-state index in [4.69, 9.17) is 9.47 Å². The van der Waals surface area contributed by atoms with E-state index in [1.54, 1.807) is 20.2 Å². The SMILES string of the molecule is CNCCC(=O)N(C)Cc1cc2c(cc1OC(F)F)OCO2.Cl. The van der Waals surface area contributed by atoms with Gasteiger partial charge < -0.3 is 24.4 Å². The Labute approximate surface area is 139 Å². The average Bonchev–Trinajstić information content (AvgIpc) is 2.91. The molecule has 1 aliphatic rings. The summed E-state index contributed by atoms with van der Waals surface area (Å²) < 4.78 is 39.9. The zero-order valence-corrected chi connectivity index (χ0v) is 13.6. The number of benzene rings is 1. The summed E-state index contributed by atoms with van der Waals surface area (Å²) in [5.41, 5.74) is 0.435. The molecule has 0 radical (unpaired) electrons. The first-order valence-corrected chi connectivity index (χ1v) is 6.77. The summed E-state index contributed by atoms with van der Waals surface area (Å²) >= 11 is 0. The van der Waals surface area contributed by atoms with Gasteiger partial charge in [-0.25, -0.2) is 0 Å². The second-order valence-electron chi connectivity index (χ2n) is 4.80. The van der Waals surface area contributed by atoms with Crippen molar-refractivity contribution >= 4 is 18.3 Å². The molecule has 0 aliphatic carbocycles. The maximum absolute atomic E-state index is 12.5. The minimum atomic E-state index is -2.95. The van der Waals surface area contributed by atoms with Crippen molar-refractivity contribution in [1.82, 2.24) is 10.2 Å². The van der Waals surface area contributed by atoms with E-state index in [2.05, 4.69) is 10.1 Å². The van der Waals surface area contributed by atoms with E-state index in [1.165, 1.54) is 11.0 Å². The summed E-state index contributed by atoms with van der Waals surface area (Å²) in [5, 5.41) is 2.88. The molecule has 0 fully saturated rings. The molecule has 0 aromatic heterocycles. The predicted molar refractivity (Wildman–Crippen MR) is 81.5 cm³/mol. The summed E-state index contributed by atoms with van der Waals surface area (Å²) in [4.78, 5) is 13.4. The first-order chi connectivity index (χ1) is 10.5. The third kappa shape index (κ3) is 5.11. The summed E-state index contributed by atoms with van der Waals surface area (Å²) in [5.74, 6) is 0.679. The highest BCUT2D eigenvalue weighted by Crippen LogP contribution is 2.39. The molecule has 0 unspecified atom stereocenters. The van der Waals surface area contributed by atoms with Crippen LogP contribution < -0.4 is 19.5 Å². The Morgan fingerprint density at radius 3 is 2.65 bits per heavy atom. The van der Waals surface area contributed by atoms with Crippen molar-refractivity contribution in [2.45, 2.75) is 19.6 Å². The molecule has 0 bridgehead atoms. The quantitative estimate of drug-likeness (QED) is 0.813. The minimum absolute atomic E-state index is 0. The number of hydrogen-bond donors (Lipinski definition) is 1. The van der Waals surface area contributed by atoms with E-state index in [0.29, 0.717) is 30.0 Å². The molecule has 0 saturated carbocycles. The van der Waals surface area contributed by atoms with Gasteiger partial charge in [-0.05, 0) is 13.1 Å². The first kappa shape index (κ1) is 19.2. The Bertz CT molecular complexity index is 546. The number of alkyl halides is 2. The van der Waals surface area contributed by atoms with Gasteiger partial charge in [0.15, 0.2) is 11.5 Å². The van der Waals surface area contributed by atoms with Gasteiger partial charge in [-0.1, -0.05) is 0 Å². The van der Waals surface area contributed by atoms with Crippen LogP contribution >= 0.6 is 12.4 Å². The predicted octanol–water partition coefficient (Wildman–Crippen LogP) is 2.01. The van der Waals surface area contributed by atoms with Crippen LogP contribution in [-0.4, -0.2) is 44.9 Å². The van der Waals surface area contributed by atoms with Gasteiger partial charge in [-0.3, -0.25) is 4.79 Å². The summed E-state index contributed by atoms with van der Waals surface area (Å²) in [6.45, 7) is -2.24. The lowest BCUT2D eigenvalue weighted by molar-refractivity contribution is -0.130. The lowest BCUT2D eigenvalue weighted by atomic mass is 10.1. The molecule has 1 amide bonds. The average molecular weight is 353 g/mol. The van der Waals surface area contributed by atoms with Crippen molar-refractivity contribution in [3.05, 3.63) is 17.7 Å². The summed E-state index contributed by atoms with van der Waals surface area (Å²) in [6, 6.07) is 2.91. The number of carbonyl (C=O) groups excluding carboxylic acids is 1. The van der Waals surface area contributed by atoms with Gasteiger partial charge in [0.05, 0.1) is 0 Å². The number of carbonyl (C=O) groups is 1. The lowest BCUT2D eigenvalue weighted by Gasteiger charge is -2.19. The van der Waals surface area contributed by atoms with Crippen LogP contribution in [0.15, 0.2) is 12.1 Å². The third-order valence-corrected chi connectivity index (χ3v) is 3.19. The van der Waals surface area contributed by atoms with Crippen molar-refractivity contribution in [3.63, 3.8) is 0 Å². The van der Waals surface area contributed by atoms with Crippen LogP contribution in [0.3, 0.4) is 0 Å². The fourth-order valence-electron chi connectivity index (χ4n) is 2.06. The number of nitrogens with zero attached hydrogens (tertiary/aromatic N) is 1. The smallest absolute Gasteiger partial charge is 0.387 e. The highest BCUT2D eigenvalue weighted by molar-refractivity contribution is 5.85. The molecule has 130 valence electrons. The van der Waals surface area contributed by atoms with E-state index >= 15 is 0 Å². The minimum Gasteiger partial charge on any atom is -0.454 e. The van der Waals surface area contributed by atoms with Gasteiger partial charge in [-0.2, -0.15) is 8.78 Å². The Morgan fingerprint density at radius 1 is 1.39 bits per heavy atom. The number of ether oxygens (including phenoxy) is 3. The fourth-order valence-corrected chi connectivity index (χ4v) is 2.06. The molecule has 6 nitrogen and oxygen atoms in total. The van der Waals surface area contributed by atoms with Crippen LogP contribution in [0.4, 0.5) is 8.78 Å². The van der Waals surface area contributed by atoms with Gasteiger partial charge in [-0.15, -0.1) is 12.4 Å². The van der Waals surface area contributed by atoms with Crippen LogP contribution in [0, 0.1) is 0 Å². The molecular weight excluding hydrogens is 334 g/mol. The van der Waals surface area contributed by atoms with Gasteiger partial charge in [0, 0.05) is 38.2 Å². The zero-order valence-electron chi connectivity index (χ0n) is 12.8. The second-order valence-corrected chi connectivity index (χ2v) is 4.80. The lowest BCUT2D eigenvalue weighted by Crippen LogP contribution is -2.29. The molecule has 0 saturated heterocycles. The molecule has 1 aromatic carbocycles. The van der Waals surface area contributed by atoms with E-state index in [0.717, 1.165) is 0 Å². The standard InChI is InChI=1S/C14H18F2N2O4.ClH/c1-17-4-3-13(19)18(2)7-9-5-11-12(21-8-20-11)6-10(9)22-14(15)16;/h5-6,14,17H,3-4,7-8H2,1-2H3;1H. The highest BCUT2D eigenvalue weighted by atomic mass is 35.5. The van der Waals surface area contributed by atoms with Crippen molar-refractivity contribution in [3.8, 4) is 17.2 Å². The fraction of sp³-hybridized carbons (Fsp3) is 0.500. The molecule has 0 atom stereocenters. The maximum atomic E-state index is 12.5. The van der Waals surface area contributed by atoms with Gasteiger partial charge in [0.25, 0.3) is 0 Å². The first-order valence-electron chi connectivity index (χ1n) is 6.77. The largest absolute Gasteiger partial charge is 0.454 e. The van der Waals surface area contributed by atoms with Crippen LogP contribution in [0.2, 0.25) is 0 Å². The van der Waals surface area contributed by atoms with Gasteiger partial charge >= 0.3 is 6.61 Å². The molecule has 1 heterocycles. The Balaban J connectivity index is 0.00000264. The number of nitrogens with one attached hydrogen (secondary N) is 1. The van der Waals surface area contributed by atoms with Crippen LogP contribution in [-0.2, 0) is 11.3 Å². The Hall–Kier alpha value is -1.80. The second kappa shape index (κ2) is 8.73. The number of rotatable bonds is 7. The topological polar surface area (TPSA) is 60.0 Å². The number of hydrogen-bond acceptors (Lipinski definition) is 5. The normalized spacial score (nSPS) is 12.0. The van der Waals surface area contributed by atoms with E-state index < -0.39 is 6.61 Å². The van der Waals surface area contributed by atoms with E-state index in [9.17, 15) is 13.6 Å². The molecule has 2 rings (SSSR count). The number of halogens is 3. The van der Waals surface area contributed by atoms with Crippen molar-refractivity contribution < 1.29 is 27.8 Å². The van der Waals surface area contributed by atoms with E-state index in [1.807, 2.05) is 0 Å². The summed E-state index contributed by atoms with van der Waals surface area (Å²) in [6.07, 6.45) is 0.322. The Kier molecular flexibility index (Phi) is 7.31. The van der Waals surface area contributed by atoms with Crippen LogP contribution in [0.25, 0.3) is 0 Å². The molecule has 9 heteroatoms. The molecule has 23 heavy (non-hydrogen) atoms. The highest BCUT2D eigenvalue weighted by Gasteiger charge is 2.21. The van der Waals surface area contributed by atoms with Crippen LogP contribution in [0.1, 0.15) is 12.0 Å². The zero-order chi connectivity index (χ0) is 16.1. The van der Waals surface area contributed by atoms with Crippen LogP contribution in [0.5, 0.6) is 17.2 Å². The Morgan fingerprint density at radius 2 is 2.04 bits per heavy atom. The maximum Gasteiger partial charge on any atom is 0.387 e. The van der Waals surface area contributed by atoms with Crippen molar-refractivity contribution in [2.24, 2.45) is 0 Å². The molecule has 1 N–H and O–H groups in total. The monoisotopic (exact) mass is 352 g/mol. The number of fused-ring (bicyclic) bond motifs is 1. The molecular formula is C14H19ClF2N2O4. The molecule has 0 spiro atoms.